The minimum Gasteiger partial charge on any atom is -0.378 e. The summed E-state index contributed by atoms with van der Waals surface area (Å²) in [5.74, 6) is 2.46. The first kappa shape index (κ1) is 25.8. The van der Waals surface area contributed by atoms with E-state index >= 15 is 0 Å². The first-order valence-corrected chi connectivity index (χ1v) is 16.3. The molecule has 0 aliphatic rings. The quantitative estimate of drug-likeness (QED) is 0.190. The Hall–Kier alpha value is -0.253. The minimum atomic E-state index is -1.14. The maximum Gasteiger partial charge on any atom is 0.0775 e. The van der Waals surface area contributed by atoms with E-state index in [1.165, 1.54) is 75.5 Å². The van der Waals surface area contributed by atoms with E-state index in [0.717, 1.165) is 12.4 Å². The Morgan fingerprint density at radius 3 is 1.82 bits per heavy atom. The smallest absolute Gasteiger partial charge is 0.0775 e. The highest BCUT2D eigenvalue weighted by atomic mass is 32.2. The minimum absolute atomic E-state index is 0.377. The molecule has 162 valence electrons. The van der Waals surface area contributed by atoms with Crippen molar-refractivity contribution in [1.82, 2.24) is 0 Å². The molecule has 0 radical (unpaired) electrons. The summed E-state index contributed by atoms with van der Waals surface area (Å²) >= 11 is 2.05. The number of unbranched alkanes of at least 4 members (excludes halogenated alkanes) is 8. The average Bonchev–Trinajstić information content (AvgIpc) is 2.64. The molecule has 28 heavy (non-hydrogen) atoms. The molecule has 1 nitrogen and oxygen atoms in total. The Bertz CT molecular complexity index is 478. The number of benzene rings is 1. The fourth-order valence-corrected chi connectivity index (χ4v) is 5.38. The van der Waals surface area contributed by atoms with Crippen molar-refractivity contribution in [3.63, 3.8) is 0 Å². The van der Waals surface area contributed by atoms with E-state index in [-0.39, 0.29) is 0 Å². The molecule has 0 aromatic heterocycles. The van der Waals surface area contributed by atoms with E-state index < -0.39 is 8.07 Å². The lowest BCUT2D eigenvalue weighted by atomic mass is 10.0. The van der Waals surface area contributed by atoms with Crippen molar-refractivity contribution in [1.29, 1.82) is 0 Å². The van der Waals surface area contributed by atoms with Gasteiger partial charge in [0.2, 0.25) is 0 Å². The largest absolute Gasteiger partial charge is 0.378 e. The van der Waals surface area contributed by atoms with Crippen molar-refractivity contribution in [2.75, 3.05) is 18.1 Å². The fraction of sp³-hybridized carbons (Fsp3) is 0.760. The molecule has 0 fully saturated rings. The second kappa shape index (κ2) is 15.6. The molecule has 1 aromatic carbocycles. The molecule has 0 amide bonds. The van der Waals surface area contributed by atoms with Crippen LogP contribution in [0.3, 0.4) is 0 Å². The third kappa shape index (κ3) is 13.8. The highest BCUT2D eigenvalue weighted by molar-refractivity contribution is 7.99. The molecule has 0 aliphatic carbocycles. The van der Waals surface area contributed by atoms with Crippen molar-refractivity contribution >= 4 is 25.0 Å². The third-order valence-corrected chi connectivity index (χ3v) is 8.35. The van der Waals surface area contributed by atoms with E-state index in [1.807, 2.05) is 11.8 Å². The van der Waals surface area contributed by atoms with Crippen LogP contribution in [0.25, 0.3) is 0 Å². The standard InChI is InChI=1S/C25H46OSSi/c1-23(2)26-20-22-27-21-14-12-10-8-6-7-9-11-13-15-24-16-18-25(19-17-24)28(3,4)5/h16-19,23H,6-15,20-22H2,1-5H3. The Morgan fingerprint density at radius 1 is 0.750 bits per heavy atom. The van der Waals surface area contributed by atoms with Crippen molar-refractivity contribution in [2.24, 2.45) is 0 Å². The van der Waals surface area contributed by atoms with Gasteiger partial charge < -0.3 is 4.74 Å². The molecular weight excluding hydrogens is 376 g/mol. The maximum atomic E-state index is 5.56. The zero-order chi connectivity index (χ0) is 20.7. The van der Waals surface area contributed by atoms with Crippen LogP contribution >= 0.6 is 11.8 Å². The van der Waals surface area contributed by atoms with Gasteiger partial charge in [0.15, 0.2) is 0 Å². The lowest BCUT2D eigenvalue weighted by molar-refractivity contribution is 0.0920. The van der Waals surface area contributed by atoms with Crippen molar-refractivity contribution in [2.45, 2.75) is 104 Å². The summed E-state index contributed by atoms with van der Waals surface area (Å²) in [6.45, 7) is 12.4. The number of ether oxygens (including phenoxy) is 1. The molecule has 0 N–H and O–H groups in total. The summed E-state index contributed by atoms with van der Waals surface area (Å²) in [4.78, 5) is 0. The molecule has 0 atom stereocenters. The molecule has 0 bridgehead atoms. The molecule has 1 aromatic rings. The number of thioether (sulfide) groups is 1. The van der Waals surface area contributed by atoms with Crippen LogP contribution in [0, 0.1) is 0 Å². The van der Waals surface area contributed by atoms with Gasteiger partial charge in [-0.05, 0) is 44.4 Å². The number of hydrogen-bond donors (Lipinski definition) is 0. The van der Waals surface area contributed by atoms with Gasteiger partial charge in [-0.1, -0.05) is 94.0 Å². The topological polar surface area (TPSA) is 9.23 Å². The summed E-state index contributed by atoms with van der Waals surface area (Å²) in [6, 6.07) is 9.48. The van der Waals surface area contributed by atoms with Crippen LogP contribution in [0.15, 0.2) is 24.3 Å². The average molecular weight is 423 g/mol. The van der Waals surface area contributed by atoms with E-state index in [0.29, 0.717) is 6.10 Å². The van der Waals surface area contributed by atoms with Crippen LogP contribution < -0.4 is 5.19 Å². The van der Waals surface area contributed by atoms with Gasteiger partial charge in [0.25, 0.3) is 0 Å². The van der Waals surface area contributed by atoms with Gasteiger partial charge in [0.1, 0.15) is 0 Å². The van der Waals surface area contributed by atoms with Crippen molar-refractivity contribution in [3.8, 4) is 0 Å². The Labute approximate surface area is 181 Å². The lowest BCUT2D eigenvalue weighted by Gasteiger charge is -2.16. The van der Waals surface area contributed by atoms with E-state index in [4.69, 9.17) is 4.74 Å². The summed E-state index contributed by atoms with van der Waals surface area (Å²) in [6.07, 6.45) is 14.3. The molecule has 0 saturated heterocycles. The van der Waals surface area contributed by atoms with Gasteiger partial charge in [-0.3, -0.25) is 0 Å². The maximum absolute atomic E-state index is 5.56. The molecular formula is C25H46OSSi. The highest BCUT2D eigenvalue weighted by Crippen LogP contribution is 2.13. The number of rotatable bonds is 17. The summed E-state index contributed by atoms with van der Waals surface area (Å²) < 4.78 is 5.56. The molecule has 0 saturated carbocycles. The SMILES string of the molecule is CC(C)OCCSCCCCCCCCCCCc1ccc([Si](C)(C)C)cc1. The van der Waals surface area contributed by atoms with E-state index in [9.17, 15) is 0 Å². The van der Waals surface area contributed by atoms with Gasteiger partial charge in [-0.25, -0.2) is 0 Å². The molecule has 1 rings (SSSR count). The second-order valence-corrected chi connectivity index (χ2v) is 15.7. The van der Waals surface area contributed by atoms with Crippen LogP contribution in [0.2, 0.25) is 19.6 Å². The van der Waals surface area contributed by atoms with Gasteiger partial charge in [0, 0.05) is 5.75 Å². The molecule has 0 spiro atoms. The van der Waals surface area contributed by atoms with Crippen molar-refractivity contribution in [3.05, 3.63) is 29.8 Å². The van der Waals surface area contributed by atoms with Crippen LogP contribution in [-0.4, -0.2) is 32.3 Å². The Kier molecular flexibility index (Phi) is 14.3. The second-order valence-electron chi connectivity index (χ2n) is 9.41. The van der Waals surface area contributed by atoms with Gasteiger partial charge in [-0.2, -0.15) is 11.8 Å². The fourth-order valence-electron chi connectivity index (χ4n) is 3.39. The Balaban J connectivity index is 1.85. The summed E-state index contributed by atoms with van der Waals surface area (Å²) in [5, 5.41) is 1.58. The molecule has 0 heterocycles. The van der Waals surface area contributed by atoms with E-state index in [2.05, 4.69) is 57.8 Å². The van der Waals surface area contributed by atoms with Gasteiger partial charge in [0.05, 0.1) is 20.8 Å². The number of aryl methyl sites for hydroxylation is 1. The normalized spacial score (nSPS) is 12.1. The highest BCUT2D eigenvalue weighted by Gasteiger charge is 2.15. The zero-order valence-corrected chi connectivity index (χ0v) is 21.2. The first-order chi connectivity index (χ1) is 13.4. The van der Waals surface area contributed by atoms with Crippen molar-refractivity contribution < 1.29 is 4.74 Å². The lowest BCUT2D eigenvalue weighted by Crippen LogP contribution is -2.37. The van der Waals surface area contributed by atoms with Gasteiger partial charge >= 0.3 is 0 Å². The molecule has 3 heteroatoms. The van der Waals surface area contributed by atoms with Crippen LogP contribution in [0.1, 0.15) is 77.2 Å². The predicted molar refractivity (Wildman–Crippen MR) is 133 cm³/mol. The van der Waals surface area contributed by atoms with Gasteiger partial charge in [-0.15, -0.1) is 0 Å². The zero-order valence-electron chi connectivity index (χ0n) is 19.4. The summed E-state index contributed by atoms with van der Waals surface area (Å²) in [7, 11) is -1.14. The van der Waals surface area contributed by atoms with Crippen LogP contribution in [0.5, 0.6) is 0 Å². The first-order valence-electron chi connectivity index (χ1n) is 11.7. The van der Waals surface area contributed by atoms with Crippen LogP contribution in [-0.2, 0) is 11.2 Å². The predicted octanol–water partition coefficient (Wildman–Crippen LogP) is 7.44. The van der Waals surface area contributed by atoms with E-state index in [1.54, 1.807) is 5.19 Å². The molecule has 0 unspecified atom stereocenters. The van der Waals surface area contributed by atoms with Crippen LogP contribution in [0.4, 0.5) is 0 Å². The number of hydrogen-bond acceptors (Lipinski definition) is 2. The summed E-state index contributed by atoms with van der Waals surface area (Å²) in [5.41, 5.74) is 1.52. The third-order valence-electron chi connectivity index (χ3n) is 5.25. The monoisotopic (exact) mass is 422 g/mol. The molecule has 0 aliphatic heterocycles. The Morgan fingerprint density at radius 2 is 1.29 bits per heavy atom.